The van der Waals surface area contributed by atoms with Gasteiger partial charge in [-0.25, -0.2) is 9.78 Å². The molecule has 2 N–H and O–H groups in total. The van der Waals surface area contributed by atoms with E-state index in [0.717, 1.165) is 28.6 Å². The molecule has 0 radical (unpaired) electrons. The minimum absolute atomic E-state index is 0.217. The Hall–Kier alpha value is -3.60. The van der Waals surface area contributed by atoms with Crippen LogP contribution < -0.4 is 10.6 Å². The predicted molar refractivity (Wildman–Crippen MR) is 108 cm³/mol. The van der Waals surface area contributed by atoms with Crippen molar-refractivity contribution in [3.05, 3.63) is 96.6 Å². The number of carbonyl (C=O) groups excluding carboxylic acids is 1. The molecule has 134 valence electrons. The molecule has 1 heterocycles. The second-order valence-electron chi connectivity index (χ2n) is 6.42. The van der Waals surface area contributed by atoms with E-state index >= 15 is 0 Å². The summed E-state index contributed by atoms with van der Waals surface area (Å²) < 4.78 is 2.01. The van der Waals surface area contributed by atoms with E-state index in [-0.39, 0.29) is 6.03 Å². The van der Waals surface area contributed by atoms with Crippen LogP contribution in [-0.4, -0.2) is 15.6 Å². The molecule has 5 nitrogen and oxygen atoms in total. The van der Waals surface area contributed by atoms with Gasteiger partial charge in [-0.1, -0.05) is 54.6 Å². The Morgan fingerprint density at radius 2 is 1.78 bits per heavy atom. The van der Waals surface area contributed by atoms with E-state index in [1.165, 1.54) is 5.56 Å². The number of carbonyl (C=O) groups is 1. The predicted octanol–water partition coefficient (Wildman–Crippen LogP) is 4.41. The summed E-state index contributed by atoms with van der Waals surface area (Å²) in [6.45, 7) is 1.23. The molecule has 0 aliphatic carbocycles. The van der Waals surface area contributed by atoms with Gasteiger partial charge in [0.05, 0.1) is 6.33 Å². The van der Waals surface area contributed by atoms with Gasteiger partial charge >= 0.3 is 6.03 Å². The van der Waals surface area contributed by atoms with Crippen molar-refractivity contribution in [3.8, 4) is 0 Å². The topological polar surface area (TPSA) is 59.0 Å². The number of hydrogen-bond acceptors (Lipinski definition) is 2. The van der Waals surface area contributed by atoms with Crippen molar-refractivity contribution in [3.63, 3.8) is 0 Å². The Kier molecular flexibility index (Phi) is 4.83. The molecule has 0 aliphatic rings. The highest BCUT2D eigenvalue weighted by atomic mass is 16.2. The summed E-state index contributed by atoms with van der Waals surface area (Å²) in [5.74, 6) is 0. The fourth-order valence-corrected chi connectivity index (χ4v) is 3.05. The number of nitrogens with zero attached hydrogens (tertiary/aromatic N) is 2. The van der Waals surface area contributed by atoms with Crippen molar-refractivity contribution in [2.45, 2.75) is 13.1 Å². The van der Waals surface area contributed by atoms with Gasteiger partial charge in [0.25, 0.3) is 0 Å². The number of rotatable bonds is 5. The minimum Gasteiger partial charge on any atom is -0.334 e. The van der Waals surface area contributed by atoms with Crippen molar-refractivity contribution in [1.82, 2.24) is 14.9 Å². The first-order valence-corrected chi connectivity index (χ1v) is 8.83. The molecular formula is C22H20N4O. The zero-order valence-corrected chi connectivity index (χ0v) is 14.8. The largest absolute Gasteiger partial charge is 0.334 e. The van der Waals surface area contributed by atoms with Crippen LogP contribution >= 0.6 is 0 Å². The molecule has 5 heteroatoms. The summed E-state index contributed by atoms with van der Waals surface area (Å²) in [6.07, 6.45) is 5.49. The van der Waals surface area contributed by atoms with Gasteiger partial charge in [0, 0.05) is 31.2 Å². The molecule has 3 aromatic carbocycles. The zero-order valence-electron chi connectivity index (χ0n) is 14.8. The quantitative estimate of drug-likeness (QED) is 0.557. The molecule has 4 aromatic rings. The molecule has 0 fully saturated rings. The van der Waals surface area contributed by atoms with E-state index in [4.69, 9.17) is 0 Å². The van der Waals surface area contributed by atoms with Crippen molar-refractivity contribution in [2.75, 3.05) is 5.32 Å². The van der Waals surface area contributed by atoms with Crippen LogP contribution in [0.5, 0.6) is 0 Å². The fourth-order valence-electron chi connectivity index (χ4n) is 3.05. The Morgan fingerprint density at radius 1 is 0.926 bits per heavy atom. The summed E-state index contributed by atoms with van der Waals surface area (Å²) >= 11 is 0. The summed E-state index contributed by atoms with van der Waals surface area (Å²) in [5, 5.41) is 8.06. The summed E-state index contributed by atoms with van der Waals surface area (Å²) in [5.41, 5.74) is 3.00. The van der Waals surface area contributed by atoms with Crippen LogP contribution in [0.15, 0.2) is 85.5 Å². The number of nitrogens with one attached hydrogen (secondary N) is 2. The smallest absolute Gasteiger partial charge is 0.319 e. The van der Waals surface area contributed by atoms with Crippen LogP contribution in [-0.2, 0) is 13.1 Å². The first-order valence-electron chi connectivity index (χ1n) is 8.83. The number of imidazole rings is 1. The highest BCUT2D eigenvalue weighted by molar-refractivity contribution is 5.93. The Morgan fingerprint density at radius 3 is 2.63 bits per heavy atom. The van der Waals surface area contributed by atoms with Gasteiger partial charge in [-0.2, -0.15) is 0 Å². The molecule has 27 heavy (non-hydrogen) atoms. The molecule has 1 aromatic heterocycles. The van der Waals surface area contributed by atoms with Gasteiger partial charge in [-0.15, -0.1) is 0 Å². The van der Waals surface area contributed by atoms with Gasteiger partial charge in [0.15, 0.2) is 0 Å². The maximum absolute atomic E-state index is 12.2. The lowest BCUT2D eigenvalue weighted by atomic mass is 10.1. The molecule has 0 saturated carbocycles. The standard InChI is InChI=1S/C22H20N4O/c27-22(25-21-9-8-19-6-1-2-7-20(19)13-21)24-14-17-4-3-5-18(12-17)15-26-11-10-23-16-26/h1-13,16H,14-15H2,(H2,24,25,27). The van der Waals surface area contributed by atoms with Crippen LogP contribution in [0.4, 0.5) is 10.5 Å². The number of anilines is 1. The first-order chi connectivity index (χ1) is 13.3. The molecule has 0 bridgehead atoms. The number of amides is 2. The van der Waals surface area contributed by atoms with E-state index in [1.807, 2.05) is 59.3 Å². The number of hydrogen-bond donors (Lipinski definition) is 2. The normalized spacial score (nSPS) is 10.7. The number of fused-ring (bicyclic) bond motifs is 1. The van der Waals surface area contributed by atoms with Crippen LogP contribution in [0.25, 0.3) is 10.8 Å². The second-order valence-corrected chi connectivity index (χ2v) is 6.42. The van der Waals surface area contributed by atoms with E-state index < -0.39 is 0 Å². The van der Waals surface area contributed by atoms with Crippen LogP contribution in [0.2, 0.25) is 0 Å². The lowest BCUT2D eigenvalue weighted by molar-refractivity contribution is 0.251. The summed E-state index contributed by atoms with van der Waals surface area (Å²) in [6, 6.07) is 21.9. The van der Waals surface area contributed by atoms with Gasteiger partial charge in [0.2, 0.25) is 0 Å². The number of benzene rings is 3. The first kappa shape index (κ1) is 16.8. The van der Waals surface area contributed by atoms with E-state index in [0.29, 0.717) is 6.54 Å². The van der Waals surface area contributed by atoms with Crippen molar-refractivity contribution < 1.29 is 4.79 Å². The van der Waals surface area contributed by atoms with E-state index in [9.17, 15) is 4.79 Å². The van der Waals surface area contributed by atoms with Crippen molar-refractivity contribution in [1.29, 1.82) is 0 Å². The molecule has 0 saturated heterocycles. The third-order valence-corrected chi connectivity index (χ3v) is 4.38. The maximum Gasteiger partial charge on any atom is 0.319 e. The monoisotopic (exact) mass is 356 g/mol. The Labute approximate surface area is 157 Å². The zero-order chi connectivity index (χ0) is 18.5. The molecular weight excluding hydrogens is 336 g/mol. The highest BCUT2D eigenvalue weighted by Crippen LogP contribution is 2.18. The maximum atomic E-state index is 12.2. The van der Waals surface area contributed by atoms with Gasteiger partial charge in [-0.3, -0.25) is 0 Å². The van der Waals surface area contributed by atoms with Crippen LogP contribution in [0.3, 0.4) is 0 Å². The number of urea groups is 1. The third-order valence-electron chi connectivity index (χ3n) is 4.38. The number of aromatic nitrogens is 2. The molecule has 0 unspecified atom stereocenters. The average Bonchev–Trinajstić information content (AvgIpc) is 3.20. The van der Waals surface area contributed by atoms with E-state index in [2.05, 4.69) is 33.8 Å². The third kappa shape index (κ3) is 4.33. The van der Waals surface area contributed by atoms with Gasteiger partial charge in [-0.05, 0) is 34.0 Å². The fraction of sp³-hybridized carbons (Fsp3) is 0.0909. The molecule has 0 atom stereocenters. The molecule has 0 aliphatic heterocycles. The van der Waals surface area contributed by atoms with Crippen molar-refractivity contribution in [2.24, 2.45) is 0 Å². The lowest BCUT2D eigenvalue weighted by Gasteiger charge is -2.10. The Balaban J connectivity index is 1.35. The minimum atomic E-state index is -0.217. The lowest BCUT2D eigenvalue weighted by Crippen LogP contribution is -2.28. The molecule has 0 spiro atoms. The van der Waals surface area contributed by atoms with E-state index in [1.54, 1.807) is 12.5 Å². The van der Waals surface area contributed by atoms with Crippen molar-refractivity contribution >= 4 is 22.5 Å². The molecule has 2 amide bonds. The second kappa shape index (κ2) is 7.74. The Bertz CT molecular complexity index is 1060. The van der Waals surface area contributed by atoms with Crippen LogP contribution in [0, 0.1) is 0 Å². The average molecular weight is 356 g/mol. The summed E-state index contributed by atoms with van der Waals surface area (Å²) in [4.78, 5) is 16.3. The van der Waals surface area contributed by atoms with Crippen LogP contribution in [0.1, 0.15) is 11.1 Å². The SMILES string of the molecule is O=C(NCc1cccc(Cn2ccnc2)c1)Nc1ccc2ccccc2c1. The highest BCUT2D eigenvalue weighted by Gasteiger charge is 2.04. The van der Waals surface area contributed by atoms with Gasteiger partial charge < -0.3 is 15.2 Å². The molecule has 4 rings (SSSR count). The summed E-state index contributed by atoms with van der Waals surface area (Å²) in [7, 11) is 0. The van der Waals surface area contributed by atoms with Gasteiger partial charge in [0.1, 0.15) is 0 Å².